The van der Waals surface area contributed by atoms with Crippen LogP contribution in [0.4, 0.5) is 15.9 Å². The Morgan fingerprint density at radius 3 is 2.57 bits per heavy atom. The summed E-state index contributed by atoms with van der Waals surface area (Å²) in [4.78, 5) is 0. The van der Waals surface area contributed by atoms with Crippen molar-refractivity contribution >= 4 is 11.5 Å². The Morgan fingerprint density at radius 1 is 1.17 bits per heavy atom. The van der Waals surface area contributed by atoms with Crippen molar-refractivity contribution in [1.82, 2.24) is 0 Å². The van der Waals surface area contributed by atoms with Crippen molar-refractivity contribution in [2.75, 3.05) is 17.2 Å². The first-order valence-corrected chi connectivity index (χ1v) is 7.77. The molecule has 23 heavy (non-hydrogen) atoms. The highest BCUT2D eigenvalue weighted by Gasteiger charge is 2.11. The van der Waals surface area contributed by atoms with Crippen LogP contribution in [0, 0.1) is 11.0 Å². The number of rotatable bonds is 8. The summed E-state index contributed by atoms with van der Waals surface area (Å²) in [6.45, 7) is 2.86. The van der Waals surface area contributed by atoms with Crippen LogP contribution < -0.4 is 15.4 Å². The SMILES string of the molecule is CCCCCNc1ccc(C(O)Nc2ccc(F)cc2)c[n+]1[O-]. The highest BCUT2D eigenvalue weighted by atomic mass is 19.1. The first-order valence-electron chi connectivity index (χ1n) is 7.77. The average molecular weight is 319 g/mol. The van der Waals surface area contributed by atoms with Gasteiger partial charge in [0.1, 0.15) is 12.0 Å². The molecule has 1 unspecified atom stereocenters. The number of anilines is 2. The van der Waals surface area contributed by atoms with E-state index in [-0.39, 0.29) is 5.82 Å². The van der Waals surface area contributed by atoms with Gasteiger partial charge < -0.3 is 15.6 Å². The van der Waals surface area contributed by atoms with Gasteiger partial charge in [0.15, 0.2) is 6.23 Å². The van der Waals surface area contributed by atoms with E-state index in [1.54, 1.807) is 12.1 Å². The fourth-order valence-corrected chi connectivity index (χ4v) is 2.17. The van der Waals surface area contributed by atoms with Crippen molar-refractivity contribution in [2.24, 2.45) is 0 Å². The molecule has 0 aliphatic rings. The van der Waals surface area contributed by atoms with E-state index in [1.807, 2.05) is 0 Å². The number of unbranched alkanes of at least 4 members (excludes halogenated alkanes) is 2. The molecule has 0 aliphatic carbocycles. The second kappa shape index (κ2) is 8.33. The standard InChI is InChI=1S/C17H22FN3O2/c1-2-3-4-11-19-16-10-5-13(12-21(16)23)17(22)20-15-8-6-14(18)7-9-15/h5-10,12,17,19-20,22H,2-4,11H2,1H3. The minimum Gasteiger partial charge on any atom is -0.711 e. The van der Waals surface area contributed by atoms with Gasteiger partial charge in [-0.2, -0.15) is 0 Å². The summed E-state index contributed by atoms with van der Waals surface area (Å²) < 4.78 is 13.6. The van der Waals surface area contributed by atoms with E-state index < -0.39 is 6.23 Å². The van der Waals surface area contributed by atoms with Gasteiger partial charge in [-0.05, 0) is 43.2 Å². The van der Waals surface area contributed by atoms with Crippen molar-refractivity contribution in [3.8, 4) is 0 Å². The third-order valence-corrected chi connectivity index (χ3v) is 3.49. The Morgan fingerprint density at radius 2 is 1.91 bits per heavy atom. The van der Waals surface area contributed by atoms with E-state index in [9.17, 15) is 14.7 Å². The number of benzene rings is 1. The van der Waals surface area contributed by atoms with E-state index in [2.05, 4.69) is 17.6 Å². The van der Waals surface area contributed by atoms with E-state index >= 15 is 0 Å². The number of aliphatic hydroxyl groups is 1. The second-order valence-electron chi connectivity index (χ2n) is 5.36. The van der Waals surface area contributed by atoms with Gasteiger partial charge in [0.05, 0.1) is 6.54 Å². The van der Waals surface area contributed by atoms with Crippen LogP contribution in [0.1, 0.15) is 38.0 Å². The largest absolute Gasteiger partial charge is 0.711 e. The van der Waals surface area contributed by atoms with Gasteiger partial charge in [0, 0.05) is 17.3 Å². The van der Waals surface area contributed by atoms with E-state index in [0.717, 1.165) is 25.8 Å². The Labute approximate surface area is 135 Å². The molecule has 0 radical (unpaired) electrons. The normalized spacial score (nSPS) is 12.0. The van der Waals surface area contributed by atoms with Crippen molar-refractivity contribution in [1.29, 1.82) is 0 Å². The molecule has 2 aromatic rings. The quantitative estimate of drug-likeness (QED) is 0.302. The molecule has 1 aromatic carbocycles. The summed E-state index contributed by atoms with van der Waals surface area (Å²) in [6, 6.07) is 8.96. The minimum atomic E-state index is -1.05. The van der Waals surface area contributed by atoms with Gasteiger partial charge in [0.25, 0.3) is 5.82 Å². The number of pyridine rings is 1. The van der Waals surface area contributed by atoms with E-state index in [0.29, 0.717) is 21.8 Å². The maximum absolute atomic E-state index is 12.9. The van der Waals surface area contributed by atoms with Crippen LogP contribution in [0.3, 0.4) is 0 Å². The zero-order valence-electron chi connectivity index (χ0n) is 13.1. The van der Waals surface area contributed by atoms with Gasteiger partial charge in [-0.3, -0.25) is 5.32 Å². The minimum absolute atomic E-state index is 0.346. The van der Waals surface area contributed by atoms with Gasteiger partial charge in [-0.15, -0.1) is 0 Å². The molecular weight excluding hydrogens is 297 g/mol. The Kier molecular flexibility index (Phi) is 6.17. The fourth-order valence-electron chi connectivity index (χ4n) is 2.17. The van der Waals surface area contributed by atoms with Crippen molar-refractivity contribution < 1.29 is 14.2 Å². The van der Waals surface area contributed by atoms with Crippen LogP contribution in [-0.4, -0.2) is 11.7 Å². The smallest absolute Gasteiger partial charge is 0.277 e. The Bertz CT molecular complexity index is 620. The van der Waals surface area contributed by atoms with Gasteiger partial charge in [-0.1, -0.05) is 13.3 Å². The highest BCUT2D eigenvalue weighted by Crippen LogP contribution is 2.17. The van der Waals surface area contributed by atoms with Gasteiger partial charge >= 0.3 is 0 Å². The second-order valence-corrected chi connectivity index (χ2v) is 5.36. The average Bonchev–Trinajstić information content (AvgIpc) is 2.55. The number of nitrogens with zero attached hydrogens (tertiary/aromatic N) is 1. The first kappa shape index (κ1) is 17.0. The van der Waals surface area contributed by atoms with Crippen molar-refractivity contribution in [3.05, 3.63) is 59.2 Å². The lowest BCUT2D eigenvalue weighted by molar-refractivity contribution is -0.591. The molecule has 124 valence electrons. The molecule has 0 saturated heterocycles. The lowest BCUT2D eigenvalue weighted by Crippen LogP contribution is -2.32. The zero-order chi connectivity index (χ0) is 16.7. The van der Waals surface area contributed by atoms with E-state index in [4.69, 9.17) is 0 Å². The molecule has 0 spiro atoms. The Hall–Kier alpha value is -2.34. The number of hydrogen-bond donors (Lipinski definition) is 3. The van der Waals surface area contributed by atoms with Crippen LogP contribution >= 0.6 is 0 Å². The third kappa shape index (κ3) is 5.10. The lowest BCUT2D eigenvalue weighted by atomic mass is 10.2. The summed E-state index contributed by atoms with van der Waals surface area (Å²) in [7, 11) is 0. The maximum Gasteiger partial charge on any atom is 0.277 e. The summed E-state index contributed by atoms with van der Waals surface area (Å²) in [5.74, 6) is 0.111. The predicted molar refractivity (Wildman–Crippen MR) is 88.4 cm³/mol. The summed E-state index contributed by atoms with van der Waals surface area (Å²) in [5, 5.41) is 28.0. The van der Waals surface area contributed by atoms with Crippen LogP contribution in [0.5, 0.6) is 0 Å². The van der Waals surface area contributed by atoms with Gasteiger partial charge in [-0.25, -0.2) is 9.12 Å². The highest BCUT2D eigenvalue weighted by molar-refractivity contribution is 5.44. The topological polar surface area (TPSA) is 71.2 Å². The summed E-state index contributed by atoms with van der Waals surface area (Å²) >= 11 is 0. The van der Waals surface area contributed by atoms with Gasteiger partial charge in [0.2, 0.25) is 0 Å². The van der Waals surface area contributed by atoms with Crippen LogP contribution in [0.15, 0.2) is 42.6 Å². The van der Waals surface area contributed by atoms with Crippen LogP contribution in [0.2, 0.25) is 0 Å². The molecule has 1 atom stereocenters. The van der Waals surface area contributed by atoms with Crippen LogP contribution in [-0.2, 0) is 0 Å². The molecule has 1 heterocycles. The fraction of sp³-hybridized carbons (Fsp3) is 0.353. The maximum atomic E-state index is 12.9. The molecule has 0 amide bonds. The first-order chi connectivity index (χ1) is 11.1. The molecular formula is C17H22FN3O2. The van der Waals surface area contributed by atoms with E-state index in [1.165, 1.54) is 30.5 Å². The third-order valence-electron chi connectivity index (χ3n) is 3.49. The number of hydrogen-bond acceptors (Lipinski definition) is 4. The summed E-state index contributed by atoms with van der Waals surface area (Å²) in [5.41, 5.74) is 1.00. The molecule has 3 N–H and O–H groups in total. The number of halogens is 1. The zero-order valence-corrected chi connectivity index (χ0v) is 13.1. The molecule has 2 rings (SSSR count). The summed E-state index contributed by atoms with van der Waals surface area (Å²) in [6.07, 6.45) is 3.52. The predicted octanol–water partition coefficient (Wildman–Crippen LogP) is 3.16. The van der Waals surface area contributed by atoms with Crippen molar-refractivity contribution in [3.63, 3.8) is 0 Å². The number of aliphatic hydroxyl groups excluding tert-OH is 1. The van der Waals surface area contributed by atoms with Crippen molar-refractivity contribution in [2.45, 2.75) is 32.4 Å². The lowest BCUT2D eigenvalue weighted by Gasteiger charge is -2.16. The molecule has 5 nitrogen and oxygen atoms in total. The molecule has 0 aliphatic heterocycles. The Balaban J connectivity index is 1.96. The number of aromatic nitrogens is 1. The molecule has 6 heteroatoms. The number of nitrogens with one attached hydrogen (secondary N) is 2. The molecule has 0 bridgehead atoms. The molecule has 1 aromatic heterocycles. The molecule has 0 saturated carbocycles. The van der Waals surface area contributed by atoms with Crippen LogP contribution in [0.25, 0.3) is 0 Å². The molecule has 0 fully saturated rings. The monoisotopic (exact) mass is 319 g/mol.